The normalized spacial score (nSPS) is 10.1. The highest BCUT2D eigenvalue weighted by Gasteiger charge is 2.09. The maximum atomic E-state index is 6.19. The van der Waals surface area contributed by atoms with E-state index in [9.17, 15) is 0 Å². The first-order valence-electron chi connectivity index (χ1n) is 5.79. The molecule has 0 saturated carbocycles. The molecule has 2 rings (SSSR count). The molecule has 0 bridgehead atoms. The average Bonchev–Trinajstić information content (AvgIpc) is 2.46. The second-order valence-electron chi connectivity index (χ2n) is 3.90. The summed E-state index contributed by atoms with van der Waals surface area (Å²) in [5.74, 6) is 1.26. The van der Waals surface area contributed by atoms with Gasteiger partial charge in [-0.15, -0.1) is 0 Å². The molecular formula is C14H15ClN2O2. The van der Waals surface area contributed by atoms with Gasteiger partial charge in [0.15, 0.2) is 11.5 Å². The van der Waals surface area contributed by atoms with Crippen molar-refractivity contribution in [2.24, 2.45) is 0 Å². The first-order chi connectivity index (χ1) is 9.24. The molecule has 4 nitrogen and oxygen atoms in total. The van der Waals surface area contributed by atoms with Gasteiger partial charge in [-0.05, 0) is 17.7 Å². The monoisotopic (exact) mass is 278 g/mol. The van der Waals surface area contributed by atoms with Gasteiger partial charge >= 0.3 is 0 Å². The smallest absolute Gasteiger partial charge is 0.162 e. The van der Waals surface area contributed by atoms with Gasteiger partial charge in [0.25, 0.3) is 0 Å². The third kappa shape index (κ3) is 3.29. The van der Waals surface area contributed by atoms with Crippen LogP contribution in [0.15, 0.2) is 36.7 Å². The van der Waals surface area contributed by atoms with Crippen molar-refractivity contribution in [1.82, 2.24) is 4.98 Å². The Kier molecular flexibility index (Phi) is 4.47. The van der Waals surface area contributed by atoms with E-state index in [1.54, 1.807) is 32.7 Å². The molecule has 2 aromatic rings. The molecule has 5 heteroatoms. The Hall–Kier alpha value is -1.94. The van der Waals surface area contributed by atoms with Crippen molar-refractivity contribution < 1.29 is 9.47 Å². The number of benzene rings is 1. The summed E-state index contributed by atoms with van der Waals surface area (Å²) in [6.07, 6.45) is 3.51. The largest absolute Gasteiger partial charge is 0.493 e. The van der Waals surface area contributed by atoms with Crippen molar-refractivity contribution in [2.75, 3.05) is 19.5 Å². The fourth-order valence-electron chi connectivity index (χ4n) is 1.69. The quantitative estimate of drug-likeness (QED) is 0.911. The highest BCUT2D eigenvalue weighted by Crippen LogP contribution is 2.36. The Morgan fingerprint density at radius 3 is 2.37 bits per heavy atom. The predicted molar refractivity (Wildman–Crippen MR) is 76.1 cm³/mol. The predicted octanol–water partition coefficient (Wildman–Crippen LogP) is 3.36. The number of nitrogens with one attached hydrogen (secondary N) is 1. The van der Waals surface area contributed by atoms with Crippen LogP contribution in [0, 0.1) is 0 Å². The standard InChI is InChI=1S/C14H15ClN2O2/c1-18-13-7-11(15)12(8-14(13)19-2)17-9-10-3-5-16-6-4-10/h3-8,17H,9H2,1-2H3. The van der Waals surface area contributed by atoms with Crippen molar-refractivity contribution >= 4 is 17.3 Å². The molecule has 0 amide bonds. The molecule has 0 aliphatic carbocycles. The summed E-state index contributed by atoms with van der Waals surface area (Å²) in [5, 5.41) is 3.85. The number of pyridine rings is 1. The van der Waals surface area contributed by atoms with E-state index in [1.165, 1.54) is 0 Å². The van der Waals surface area contributed by atoms with Gasteiger partial charge < -0.3 is 14.8 Å². The summed E-state index contributed by atoms with van der Waals surface area (Å²) in [6.45, 7) is 0.664. The van der Waals surface area contributed by atoms with E-state index in [0.29, 0.717) is 23.1 Å². The molecule has 0 fully saturated rings. The van der Waals surface area contributed by atoms with Crippen LogP contribution in [-0.4, -0.2) is 19.2 Å². The third-order valence-electron chi connectivity index (χ3n) is 2.71. The van der Waals surface area contributed by atoms with Gasteiger partial charge in [0.2, 0.25) is 0 Å². The zero-order valence-electron chi connectivity index (χ0n) is 10.8. The second kappa shape index (κ2) is 6.29. The number of ether oxygens (including phenoxy) is 2. The van der Waals surface area contributed by atoms with Crippen molar-refractivity contribution in [3.8, 4) is 11.5 Å². The average molecular weight is 279 g/mol. The fourth-order valence-corrected chi connectivity index (χ4v) is 1.91. The zero-order valence-corrected chi connectivity index (χ0v) is 11.6. The van der Waals surface area contributed by atoms with E-state index in [4.69, 9.17) is 21.1 Å². The number of anilines is 1. The molecule has 0 radical (unpaired) electrons. The molecule has 0 aliphatic heterocycles. The molecule has 0 unspecified atom stereocenters. The first-order valence-corrected chi connectivity index (χ1v) is 6.16. The van der Waals surface area contributed by atoms with Crippen LogP contribution < -0.4 is 14.8 Å². The Balaban J connectivity index is 2.16. The number of rotatable bonds is 5. The SMILES string of the molecule is COc1cc(Cl)c(NCc2ccncc2)cc1OC. The number of methoxy groups -OCH3 is 2. The minimum Gasteiger partial charge on any atom is -0.493 e. The Morgan fingerprint density at radius 1 is 1.11 bits per heavy atom. The van der Waals surface area contributed by atoms with E-state index in [1.807, 2.05) is 18.2 Å². The van der Waals surface area contributed by atoms with Gasteiger partial charge in [-0.1, -0.05) is 11.6 Å². The van der Waals surface area contributed by atoms with E-state index in [-0.39, 0.29) is 0 Å². The van der Waals surface area contributed by atoms with Gasteiger partial charge in [-0.25, -0.2) is 0 Å². The Morgan fingerprint density at radius 2 is 1.74 bits per heavy atom. The molecule has 0 saturated heterocycles. The Bertz CT molecular complexity index is 547. The molecule has 1 N–H and O–H groups in total. The van der Waals surface area contributed by atoms with Crippen molar-refractivity contribution in [1.29, 1.82) is 0 Å². The first kappa shape index (κ1) is 13.5. The minimum absolute atomic E-state index is 0.590. The maximum Gasteiger partial charge on any atom is 0.162 e. The highest BCUT2D eigenvalue weighted by atomic mass is 35.5. The van der Waals surface area contributed by atoms with Crippen LogP contribution in [0.4, 0.5) is 5.69 Å². The fraction of sp³-hybridized carbons (Fsp3) is 0.214. The number of halogens is 1. The van der Waals surface area contributed by atoms with Crippen LogP contribution in [-0.2, 0) is 6.54 Å². The van der Waals surface area contributed by atoms with Gasteiger partial charge in [0, 0.05) is 31.1 Å². The van der Waals surface area contributed by atoms with E-state index >= 15 is 0 Å². The molecular weight excluding hydrogens is 264 g/mol. The topological polar surface area (TPSA) is 43.4 Å². The van der Waals surface area contributed by atoms with Crippen molar-refractivity contribution in [3.63, 3.8) is 0 Å². The van der Waals surface area contributed by atoms with E-state index in [2.05, 4.69) is 10.3 Å². The lowest BCUT2D eigenvalue weighted by atomic mass is 10.2. The summed E-state index contributed by atoms with van der Waals surface area (Å²) >= 11 is 6.19. The van der Waals surface area contributed by atoms with Gasteiger partial charge in [0.05, 0.1) is 24.9 Å². The van der Waals surface area contributed by atoms with Crippen LogP contribution in [0.1, 0.15) is 5.56 Å². The molecule has 1 aromatic carbocycles. The summed E-state index contributed by atoms with van der Waals surface area (Å²) in [7, 11) is 3.18. The lowest BCUT2D eigenvalue weighted by Crippen LogP contribution is -2.01. The van der Waals surface area contributed by atoms with Crippen LogP contribution >= 0.6 is 11.6 Å². The number of aromatic nitrogens is 1. The summed E-state index contributed by atoms with van der Waals surface area (Å²) in [5.41, 5.74) is 1.93. The minimum atomic E-state index is 0.590. The molecule has 19 heavy (non-hydrogen) atoms. The molecule has 100 valence electrons. The maximum absolute atomic E-state index is 6.19. The molecule has 0 spiro atoms. The van der Waals surface area contributed by atoms with Gasteiger partial charge in [-0.3, -0.25) is 4.98 Å². The highest BCUT2D eigenvalue weighted by molar-refractivity contribution is 6.33. The Labute approximate surface area is 117 Å². The van der Waals surface area contributed by atoms with Gasteiger partial charge in [-0.2, -0.15) is 0 Å². The summed E-state index contributed by atoms with van der Waals surface area (Å²) in [6, 6.07) is 7.45. The lowest BCUT2D eigenvalue weighted by Gasteiger charge is -2.13. The van der Waals surface area contributed by atoms with E-state index in [0.717, 1.165) is 11.3 Å². The van der Waals surface area contributed by atoms with Crippen molar-refractivity contribution in [2.45, 2.75) is 6.54 Å². The lowest BCUT2D eigenvalue weighted by molar-refractivity contribution is 0.355. The second-order valence-corrected chi connectivity index (χ2v) is 4.30. The molecule has 0 atom stereocenters. The van der Waals surface area contributed by atoms with Crippen LogP contribution in [0.25, 0.3) is 0 Å². The molecule has 1 heterocycles. The van der Waals surface area contributed by atoms with Crippen LogP contribution in [0.2, 0.25) is 5.02 Å². The van der Waals surface area contributed by atoms with Crippen LogP contribution in [0.5, 0.6) is 11.5 Å². The summed E-state index contributed by atoms with van der Waals surface area (Å²) in [4.78, 5) is 3.98. The number of hydrogen-bond acceptors (Lipinski definition) is 4. The van der Waals surface area contributed by atoms with Crippen molar-refractivity contribution in [3.05, 3.63) is 47.2 Å². The molecule has 0 aliphatic rings. The number of nitrogens with zero attached hydrogens (tertiary/aromatic N) is 1. The zero-order chi connectivity index (χ0) is 13.7. The third-order valence-corrected chi connectivity index (χ3v) is 3.02. The number of hydrogen-bond donors (Lipinski definition) is 1. The van der Waals surface area contributed by atoms with Gasteiger partial charge in [0.1, 0.15) is 0 Å². The van der Waals surface area contributed by atoms with Crippen LogP contribution in [0.3, 0.4) is 0 Å². The van der Waals surface area contributed by atoms with E-state index < -0.39 is 0 Å². The molecule has 1 aromatic heterocycles. The summed E-state index contributed by atoms with van der Waals surface area (Å²) < 4.78 is 10.4.